The lowest BCUT2D eigenvalue weighted by Gasteiger charge is -2.27. The van der Waals surface area contributed by atoms with Gasteiger partial charge in [0.1, 0.15) is 17.3 Å². The van der Waals surface area contributed by atoms with Crippen LogP contribution in [0.2, 0.25) is 0 Å². The van der Waals surface area contributed by atoms with Crippen molar-refractivity contribution < 1.29 is 9.18 Å². The maximum absolute atomic E-state index is 12.8. The Hall–Kier alpha value is -2.24. The highest BCUT2D eigenvalue weighted by molar-refractivity contribution is 5.92. The lowest BCUT2D eigenvalue weighted by Crippen LogP contribution is -2.35. The first-order chi connectivity index (χ1) is 10.1. The van der Waals surface area contributed by atoms with E-state index in [1.54, 1.807) is 11.9 Å². The molecule has 3 rings (SSSR count). The number of aromatic nitrogens is 3. The first-order valence-electron chi connectivity index (χ1n) is 7.00. The summed E-state index contributed by atoms with van der Waals surface area (Å²) in [4.78, 5) is 22.1. The second-order valence-electron chi connectivity index (χ2n) is 5.44. The van der Waals surface area contributed by atoms with Gasteiger partial charge >= 0.3 is 0 Å². The molecule has 1 amide bonds. The first-order valence-corrected chi connectivity index (χ1v) is 7.00. The minimum atomic E-state index is -0.437. The third-order valence-corrected chi connectivity index (χ3v) is 3.88. The monoisotopic (exact) mass is 288 g/mol. The summed E-state index contributed by atoms with van der Waals surface area (Å²) >= 11 is 0. The van der Waals surface area contributed by atoms with Crippen LogP contribution in [0.5, 0.6) is 0 Å². The maximum Gasteiger partial charge on any atom is 0.272 e. The van der Waals surface area contributed by atoms with Crippen LogP contribution < -0.4 is 0 Å². The van der Waals surface area contributed by atoms with Crippen molar-refractivity contribution in [3.63, 3.8) is 0 Å². The van der Waals surface area contributed by atoms with Gasteiger partial charge in [-0.1, -0.05) is 0 Å². The number of nitrogens with zero attached hydrogens (tertiary/aromatic N) is 4. The fourth-order valence-corrected chi connectivity index (χ4v) is 2.74. The number of carbonyl (C=O) groups excluding carboxylic acids is 1. The van der Waals surface area contributed by atoms with E-state index in [0.717, 1.165) is 31.4 Å². The molecule has 0 aromatic carbocycles. The van der Waals surface area contributed by atoms with E-state index in [1.807, 2.05) is 12.4 Å². The Labute approximate surface area is 122 Å². The van der Waals surface area contributed by atoms with Gasteiger partial charge in [-0.3, -0.25) is 4.79 Å². The minimum Gasteiger partial charge on any atom is -0.340 e. The molecule has 5 nitrogen and oxygen atoms in total. The second-order valence-corrected chi connectivity index (χ2v) is 5.44. The van der Waals surface area contributed by atoms with Crippen molar-refractivity contribution in [2.45, 2.75) is 19.4 Å². The number of fused-ring (bicyclic) bond motifs is 1. The van der Waals surface area contributed by atoms with Crippen molar-refractivity contribution in [2.24, 2.45) is 5.92 Å². The molecule has 2 aromatic heterocycles. The summed E-state index contributed by atoms with van der Waals surface area (Å²) in [6.45, 7) is 1.60. The highest BCUT2D eigenvalue weighted by atomic mass is 19.1. The Morgan fingerprint density at radius 3 is 3.10 bits per heavy atom. The van der Waals surface area contributed by atoms with E-state index < -0.39 is 5.82 Å². The molecular weight excluding hydrogens is 271 g/mol. The van der Waals surface area contributed by atoms with Crippen molar-refractivity contribution in [1.82, 2.24) is 19.4 Å². The van der Waals surface area contributed by atoms with Crippen LogP contribution in [0, 0.1) is 11.7 Å². The molecule has 2 aromatic rings. The Morgan fingerprint density at radius 1 is 1.48 bits per heavy atom. The molecule has 0 unspecified atom stereocenters. The summed E-state index contributed by atoms with van der Waals surface area (Å²) in [6.07, 6.45) is 6.77. The zero-order valence-corrected chi connectivity index (χ0v) is 11.9. The van der Waals surface area contributed by atoms with Gasteiger partial charge in [0.05, 0.1) is 6.20 Å². The van der Waals surface area contributed by atoms with Gasteiger partial charge in [-0.05, 0) is 24.5 Å². The molecule has 21 heavy (non-hydrogen) atoms. The molecule has 1 aliphatic heterocycles. The van der Waals surface area contributed by atoms with Gasteiger partial charge in [-0.15, -0.1) is 0 Å². The molecule has 0 N–H and O–H groups in total. The summed E-state index contributed by atoms with van der Waals surface area (Å²) in [5, 5.41) is 0. The lowest BCUT2D eigenvalue weighted by atomic mass is 9.97. The van der Waals surface area contributed by atoms with Crippen LogP contribution >= 0.6 is 0 Å². The fraction of sp³-hybridized carbons (Fsp3) is 0.400. The van der Waals surface area contributed by atoms with Crippen molar-refractivity contribution >= 4 is 5.91 Å². The number of aryl methyl sites for hydroxylation is 1. The maximum atomic E-state index is 12.8. The van der Waals surface area contributed by atoms with E-state index in [2.05, 4.69) is 14.5 Å². The van der Waals surface area contributed by atoms with Gasteiger partial charge in [-0.2, -0.15) is 0 Å². The van der Waals surface area contributed by atoms with Gasteiger partial charge in [0, 0.05) is 39.0 Å². The number of halogens is 1. The number of hydrogen-bond donors (Lipinski definition) is 0. The molecule has 0 aliphatic carbocycles. The number of rotatable bonds is 3. The van der Waals surface area contributed by atoms with E-state index in [9.17, 15) is 9.18 Å². The summed E-state index contributed by atoms with van der Waals surface area (Å²) in [7, 11) is 1.76. The number of pyridine rings is 1. The minimum absolute atomic E-state index is 0.177. The molecule has 0 fully saturated rings. The summed E-state index contributed by atoms with van der Waals surface area (Å²) in [5.41, 5.74) is 0.274. The smallest absolute Gasteiger partial charge is 0.272 e. The molecule has 6 heteroatoms. The normalized spacial score (nSPS) is 17.3. The van der Waals surface area contributed by atoms with Crippen LogP contribution in [-0.2, 0) is 13.0 Å². The number of amides is 1. The Kier molecular flexibility index (Phi) is 3.68. The predicted octanol–water partition coefficient (Wildman–Crippen LogP) is 1.75. The van der Waals surface area contributed by atoms with E-state index in [1.165, 1.54) is 12.1 Å². The standard InChI is InChI=1S/C15H17FN4O/c1-19(15(21)13-3-2-12(16)9-18-13)10-11-4-6-20-7-5-17-14(20)8-11/h2-3,5,7,9,11H,4,6,8,10H2,1H3/t11-/m1/s1. The molecule has 0 spiro atoms. The number of hydrogen-bond acceptors (Lipinski definition) is 3. The number of carbonyl (C=O) groups is 1. The average Bonchev–Trinajstić information content (AvgIpc) is 2.95. The highest BCUT2D eigenvalue weighted by Crippen LogP contribution is 2.20. The van der Waals surface area contributed by atoms with Crippen LogP contribution in [0.15, 0.2) is 30.7 Å². The predicted molar refractivity (Wildman–Crippen MR) is 75.2 cm³/mol. The van der Waals surface area contributed by atoms with E-state index in [-0.39, 0.29) is 11.6 Å². The molecule has 110 valence electrons. The van der Waals surface area contributed by atoms with Crippen LogP contribution in [0.25, 0.3) is 0 Å². The van der Waals surface area contributed by atoms with Gasteiger partial charge < -0.3 is 9.47 Å². The van der Waals surface area contributed by atoms with Gasteiger partial charge in [0.2, 0.25) is 0 Å². The molecule has 0 bridgehead atoms. The molecule has 1 atom stereocenters. The third kappa shape index (κ3) is 2.94. The van der Waals surface area contributed by atoms with Crippen LogP contribution in [0.4, 0.5) is 4.39 Å². The summed E-state index contributed by atoms with van der Waals surface area (Å²) in [6, 6.07) is 2.67. The van der Waals surface area contributed by atoms with Crippen LogP contribution in [0.1, 0.15) is 22.7 Å². The SMILES string of the molecule is CN(C[C@@H]1CCn2ccnc2C1)C(=O)c1ccc(F)cn1. The van der Waals surface area contributed by atoms with E-state index in [4.69, 9.17) is 0 Å². The largest absolute Gasteiger partial charge is 0.340 e. The fourth-order valence-electron chi connectivity index (χ4n) is 2.74. The van der Waals surface area contributed by atoms with E-state index >= 15 is 0 Å². The Balaban J connectivity index is 1.63. The van der Waals surface area contributed by atoms with Crippen molar-refractivity contribution in [3.05, 3.63) is 48.1 Å². The van der Waals surface area contributed by atoms with Crippen molar-refractivity contribution in [1.29, 1.82) is 0 Å². The topological polar surface area (TPSA) is 51.0 Å². The second kappa shape index (κ2) is 5.63. The van der Waals surface area contributed by atoms with Gasteiger partial charge in [0.15, 0.2) is 0 Å². The lowest BCUT2D eigenvalue weighted by molar-refractivity contribution is 0.0758. The molecule has 1 aliphatic rings. The molecular formula is C15H17FN4O. The number of imidazole rings is 1. The summed E-state index contributed by atoms with van der Waals surface area (Å²) in [5.74, 6) is 0.860. The first kappa shape index (κ1) is 13.7. The highest BCUT2D eigenvalue weighted by Gasteiger charge is 2.23. The average molecular weight is 288 g/mol. The Morgan fingerprint density at radius 2 is 2.33 bits per heavy atom. The van der Waals surface area contributed by atoms with Crippen molar-refractivity contribution in [3.8, 4) is 0 Å². The summed E-state index contributed by atoms with van der Waals surface area (Å²) < 4.78 is 15.0. The molecule has 3 heterocycles. The Bertz CT molecular complexity index is 637. The van der Waals surface area contributed by atoms with Gasteiger partial charge in [-0.25, -0.2) is 14.4 Å². The molecule has 0 radical (unpaired) electrons. The van der Waals surface area contributed by atoms with Crippen LogP contribution in [0.3, 0.4) is 0 Å². The van der Waals surface area contributed by atoms with Crippen LogP contribution in [-0.4, -0.2) is 38.9 Å². The van der Waals surface area contributed by atoms with E-state index in [0.29, 0.717) is 12.5 Å². The van der Waals surface area contributed by atoms with Gasteiger partial charge in [0.25, 0.3) is 5.91 Å². The zero-order valence-electron chi connectivity index (χ0n) is 11.9. The molecule has 0 saturated heterocycles. The molecule has 0 saturated carbocycles. The third-order valence-electron chi connectivity index (χ3n) is 3.88. The van der Waals surface area contributed by atoms with Crippen molar-refractivity contribution in [2.75, 3.05) is 13.6 Å². The zero-order chi connectivity index (χ0) is 14.8. The quantitative estimate of drug-likeness (QED) is 0.864.